The van der Waals surface area contributed by atoms with Gasteiger partial charge in [-0.2, -0.15) is 0 Å². The molecule has 0 aliphatic heterocycles. The molecule has 1 aromatic carbocycles. The normalized spacial score (nSPS) is 10.8. The third kappa shape index (κ3) is 3.97. The predicted molar refractivity (Wildman–Crippen MR) is 99.8 cm³/mol. The SMILES string of the molecule is C=CCn1c(SCC(=O)Nc2cccc(F)c2)nc2ccsc2c1=O. The number of thiophene rings is 1. The van der Waals surface area contributed by atoms with Gasteiger partial charge in [0.2, 0.25) is 5.91 Å². The van der Waals surface area contributed by atoms with Crippen molar-refractivity contribution in [3.8, 4) is 0 Å². The number of hydrogen-bond acceptors (Lipinski definition) is 5. The van der Waals surface area contributed by atoms with E-state index in [4.69, 9.17) is 0 Å². The molecule has 0 radical (unpaired) electrons. The van der Waals surface area contributed by atoms with Gasteiger partial charge < -0.3 is 5.32 Å². The zero-order valence-corrected chi connectivity index (χ0v) is 14.7. The highest BCUT2D eigenvalue weighted by Crippen LogP contribution is 2.21. The summed E-state index contributed by atoms with van der Waals surface area (Å²) in [4.78, 5) is 29.0. The average molecular weight is 375 g/mol. The van der Waals surface area contributed by atoms with Gasteiger partial charge in [-0.25, -0.2) is 9.37 Å². The van der Waals surface area contributed by atoms with Crippen molar-refractivity contribution in [2.75, 3.05) is 11.1 Å². The van der Waals surface area contributed by atoms with Gasteiger partial charge in [0.25, 0.3) is 5.56 Å². The monoisotopic (exact) mass is 375 g/mol. The number of allylic oxidation sites excluding steroid dienone is 1. The molecule has 0 saturated heterocycles. The molecule has 8 heteroatoms. The molecule has 128 valence electrons. The fourth-order valence-electron chi connectivity index (χ4n) is 2.22. The van der Waals surface area contributed by atoms with Gasteiger partial charge >= 0.3 is 0 Å². The number of rotatable bonds is 6. The van der Waals surface area contributed by atoms with Crippen LogP contribution in [0.15, 0.2) is 58.3 Å². The maximum absolute atomic E-state index is 13.2. The van der Waals surface area contributed by atoms with Gasteiger partial charge in [-0.15, -0.1) is 17.9 Å². The van der Waals surface area contributed by atoms with Crippen molar-refractivity contribution in [3.05, 3.63) is 64.5 Å². The lowest BCUT2D eigenvalue weighted by atomic mass is 10.3. The fraction of sp³-hybridized carbons (Fsp3) is 0.118. The molecule has 5 nitrogen and oxygen atoms in total. The van der Waals surface area contributed by atoms with Crippen LogP contribution in [0.25, 0.3) is 10.2 Å². The van der Waals surface area contributed by atoms with Crippen LogP contribution < -0.4 is 10.9 Å². The number of aromatic nitrogens is 2. The number of nitrogens with one attached hydrogen (secondary N) is 1. The molecule has 3 aromatic rings. The second-order valence-corrected chi connectivity index (χ2v) is 6.94. The Hall–Kier alpha value is -2.45. The van der Waals surface area contributed by atoms with E-state index < -0.39 is 5.82 Å². The second-order valence-electron chi connectivity index (χ2n) is 5.08. The Balaban J connectivity index is 1.78. The maximum Gasteiger partial charge on any atom is 0.272 e. The number of amides is 1. The van der Waals surface area contributed by atoms with Gasteiger partial charge in [-0.05, 0) is 29.6 Å². The molecule has 2 aromatic heterocycles. The maximum atomic E-state index is 13.2. The molecule has 0 aliphatic carbocycles. The summed E-state index contributed by atoms with van der Waals surface area (Å²) >= 11 is 2.49. The highest BCUT2D eigenvalue weighted by atomic mass is 32.2. The summed E-state index contributed by atoms with van der Waals surface area (Å²) in [7, 11) is 0. The van der Waals surface area contributed by atoms with Gasteiger partial charge in [0.05, 0.1) is 11.3 Å². The van der Waals surface area contributed by atoms with E-state index in [1.807, 2.05) is 5.38 Å². The molecule has 0 aliphatic rings. The number of carbonyl (C=O) groups excluding carboxylic acids is 1. The molecule has 25 heavy (non-hydrogen) atoms. The van der Waals surface area contributed by atoms with E-state index in [0.717, 1.165) is 11.8 Å². The summed E-state index contributed by atoms with van der Waals surface area (Å²) in [5.41, 5.74) is 0.853. The minimum Gasteiger partial charge on any atom is -0.325 e. The molecule has 0 saturated carbocycles. The Kier molecular flexibility index (Phi) is 5.30. The Morgan fingerprint density at radius 2 is 2.28 bits per heavy atom. The van der Waals surface area contributed by atoms with Crippen LogP contribution >= 0.6 is 23.1 Å². The zero-order valence-electron chi connectivity index (χ0n) is 13.1. The van der Waals surface area contributed by atoms with E-state index in [2.05, 4.69) is 16.9 Å². The van der Waals surface area contributed by atoms with Crippen molar-refractivity contribution in [1.29, 1.82) is 0 Å². The van der Waals surface area contributed by atoms with Gasteiger partial charge in [0, 0.05) is 12.2 Å². The fourth-order valence-corrected chi connectivity index (χ4v) is 3.80. The molecule has 1 amide bonds. The van der Waals surface area contributed by atoms with Crippen LogP contribution in [0.3, 0.4) is 0 Å². The molecule has 0 bridgehead atoms. The highest BCUT2D eigenvalue weighted by molar-refractivity contribution is 7.99. The molecule has 2 heterocycles. The first-order valence-corrected chi connectivity index (χ1v) is 9.22. The number of hydrogen-bond donors (Lipinski definition) is 1. The van der Waals surface area contributed by atoms with Gasteiger partial charge in [0.1, 0.15) is 10.5 Å². The van der Waals surface area contributed by atoms with Crippen LogP contribution in [0.1, 0.15) is 0 Å². The number of halogens is 1. The van der Waals surface area contributed by atoms with Crippen LogP contribution in [-0.2, 0) is 11.3 Å². The molecule has 3 rings (SSSR count). The number of fused-ring (bicyclic) bond motifs is 1. The van der Waals surface area contributed by atoms with Crippen LogP contribution in [0.4, 0.5) is 10.1 Å². The van der Waals surface area contributed by atoms with E-state index >= 15 is 0 Å². The number of carbonyl (C=O) groups is 1. The zero-order chi connectivity index (χ0) is 17.8. The molecule has 0 spiro atoms. The molecule has 1 N–H and O–H groups in total. The Labute approximate surface area is 151 Å². The van der Waals surface area contributed by atoms with E-state index in [1.165, 1.54) is 34.1 Å². The topological polar surface area (TPSA) is 64.0 Å². The van der Waals surface area contributed by atoms with Crippen molar-refractivity contribution in [3.63, 3.8) is 0 Å². The Morgan fingerprint density at radius 1 is 1.44 bits per heavy atom. The largest absolute Gasteiger partial charge is 0.325 e. The lowest BCUT2D eigenvalue weighted by molar-refractivity contribution is -0.113. The molecule has 0 unspecified atom stereocenters. The number of benzene rings is 1. The molecular weight excluding hydrogens is 361 g/mol. The summed E-state index contributed by atoms with van der Waals surface area (Å²) in [6.45, 7) is 3.97. The van der Waals surface area contributed by atoms with E-state index in [0.29, 0.717) is 27.6 Å². The van der Waals surface area contributed by atoms with Crippen molar-refractivity contribution in [2.24, 2.45) is 0 Å². The smallest absolute Gasteiger partial charge is 0.272 e. The van der Waals surface area contributed by atoms with E-state index in [9.17, 15) is 14.0 Å². The van der Waals surface area contributed by atoms with Crippen molar-refractivity contribution < 1.29 is 9.18 Å². The Morgan fingerprint density at radius 3 is 3.04 bits per heavy atom. The lowest BCUT2D eigenvalue weighted by Crippen LogP contribution is -2.23. The van der Waals surface area contributed by atoms with Crippen LogP contribution in [-0.4, -0.2) is 21.2 Å². The quantitative estimate of drug-likeness (QED) is 0.407. The predicted octanol–water partition coefficient (Wildman–Crippen LogP) is 3.51. The summed E-state index contributed by atoms with van der Waals surface area (Å²) < 4.78 is 15.2. The molecule has 0 atom stereocenters. The van der Waals surface area contributed by atoms with Gasteiger partial charge in [-0.1, -0.05) is 23.9 Å². The summed E-state index contributed by atoms with van der Waals surface area (Å²) in [6, 6.07) is 7.45. The summed E-state index contributed by atoms with van der Waals surface area (Å²) in [5, 5.41) is 4.88. The first-order chi connectivity index (χ1) is 12.1. The Bertz CT molecular complexity index is 997. The van der Waals surface area contributed by atoms with E-state index in [-0.39, 0.29) is 17.2 Å². The minimum atomic E-state index is -0.421. The first-order valence-electron chi connectivity index (χ1n) is 7.35. The first kappa shape index (κ1) is 17.4. The third-order valence-corrected chi connectivity index (χ3v) is 5.15. The third-order valence-electron chi connectivity index (χ3n) is 3.28. The standard InChI is InChI=1S/C17H14FN3O2S2/c1-2-7-21-16(23)15-13(6-8-24-15)20-17(21)25-10-14(22)19-12-5-3-4-11(18)9-12/h2-6,8-9H,1,7,10H2,(H,19,22). The van der Waals surface area contributed by atoms with Crippen molar-refractivity contribution in [2.45, 2.75) is 11.7 Å². The number of anilines is 1. The van der Waals surface area contributed by atoms with Crippen LogP contribution in [0.2, 0.25) is 0 Å². The summed E-state index contributed by atoms with van der Waals surface area (Å²) in [5.74, 6) is -0.675. The number of thioether (sulfide) groups is 1. The van der Waals surface area contributed by atoms with Crippen molar-refractivity contribution in [1.82, 2.24) is 9.55 Å². The van der Waals surface area contributed by atoms with Crippen LogP contribution in [0, 0.1) is 5.82 Å². The van der Waals surface area contributed by atoms with E-state index in [1.54, 1.807) is 18.2 Å². The molecular formula is C17H14FN3O2S2. The summed E-state index contributed by atoms with van der Waals surface area (Å²) in [6.07, 6.45) is 1.61. The van der Waals surface area contributed by atoms with Gasteiger partial charge in [0.15, 0.2) is 5.16 Å². The average Bonchev–Trinajstić information content (AvgIpc) is 3.05. The second kappa shape index (κ2) is 7.62. The molecule has 0 fully saturated rings. The number of nitrogens with zero attached hydrogens (tertiary/aromatic N) is 2. The minimum absolute atomic E-state index is 0.0513. The lowest BCUT2D eigenvalue weighted by Gasteiger charge is -2.10. The van der Waals surface area contributed by atoms with Crippen molar-refractivity contribution >= 4 is 44.9 Å². The van der Waals surface area contributed by atoms with Crippen LogP contribution in [0.5, 0.6) is 0 Å². The highest BCUT2D eigenvalue weighted by Gasteiger charge is 2.13. The van der Waals surface area contributed by atoms with Gasteiger partial charge in [-0.3, -0.25) is 14.2 Å².